The number of fused-ring (bicyclic) bond motifs is 1. The molecule has 0 saturated heterocycles. The van der Waals surface area contributed by atoms with Crippen LogP contribution in [-0.2, 0) is 16.2 Å². The molecule has 4 rings (SSSR count). The van der Waals surface area contributed by atoms with Crippen LogP contribution in [0.5, 0.6) is 11.5 Å². The SMILES string of the molecule is CCCN1C(=O)C(C)Oc2cc(NC(=O)/C=C/c3ccc(OCc4ccccc4)cc3)ccc21. The minimum absolute atomic E-state index is 0.0504. The van der Waals surface area contributed by atoms with E-state index in [-0.39, 0.29) is 11.8 Å². The second-order valence-corrected chi connectivity index (χ2v) is 8.10. The number of carbonyl (C=O) groups excluding carboxylic acids is 2. The highest BCUT2D eigenvalue weighted by Gasteiger charge is 2.31. The zero-order chi connectivity index (χ0) is 23.9. The van der Waals surface area contributed by atoms with E-state index in [0.717, 1.165) is 29.0 Å². The van der Waals surface area contributed by atoms with Crippen molar-refractivity contribution in [3.8, 4) is 11.5 Å². The van der Waals surface area contributed by atoms with Crippen LogP contribution in [0.4, 0.5) is 11.4 Å². The van der Waals surface area contributed by atoms with Crippen molar-refractivity contribution in [3.05, 3.63) is 90.0 Å². The second-order valence-electron chi connectivity index (χ2n) is 8.10. The van der Waals surface area contributed by atoms with Crippen LogP contribution in [0.2, 0.25) is 0 Å². The molecule has 1 unspecified atom stereocenters. The first kappa shape index (κ1) is 23.1. The summed E-state index contributed by atoms with van der Waals surface area (Å²) in [5.74, 6) is 1.05. The third-order valence-electron chi connectivity index (χ3n) is 5.44. The molecular weight excluding hydrogens is 428 g/mol. The van der Waals surface area contributed by atoms with Gasteiger partial charge in [-0.25, -0.2) is 0 Å². The van der Waals surface area contributed by atoms with E-state index in [0.29, 0.717) is 24.6 Å². The van der Waals surface area contributed by atoms with Gasteiger partial charge in [0.05, 0.1) is 5.69 Å². The molecule has 6 heteroatoms. The summed E-state index contributed by atoms with van der Waals surface area (Å²) in [5.41, 5.74) is 3.33. The Balaban J connectivity index is 1.35. The third kappa shape index (κ3) is 5.64. The molecule has 1 aliphatic rings. The van der Waals surface area contributed by atoms with Crippen molar-refractivity contribution in [1.82, 2.24) is 0 Å². The highest BCUT2D eigenvalue weighted by atomic mass is 16.5. The van der Waals surface area contributed by atoms with Crippen LogP contribution in [0.25, 0.3) is 6.08 Å². The van der Waals surface area contributed by atoms with Gasteiger partial charge in [0.25, 0.3) is 5.91 Å². The van der Waals surface area contributed by atoms with Gasteiger partial charge in [0, 0.05) is 24.4 Å². The van der Waals surface area contributed by atoms with E-state index in [1.54, 1.807) is 30.0 Å². The van der Waals surface area contributed by atoms with Crippen LogP contribution in [0.3, 0.4) is 0 Å². The van der Waals surface area contributed by atoms with Crippen molar-refractivity contribution in [3.63, 3.8) is 0 Å². The Hall–Kier alpha value is -4.06. The molecule has 1 heterocycles. The number of rotatable bonds is 8. The summed E-state index contributed by atoms with van der Waals surface area (Å²) in [6, 6.07) is 22.9. The number of benzene rings is 3. The zero-order valence-electron chi connectivity index (χ0n) is 19.4. The maximum absolute atomic E-state index is 12.4. The highest BCUT2D eigenvalue weighted by Crippen LogP contribution is 2.36. The number of ether oxygens (including phenoxy) is 2. The van der Waals surface area contributed by atoms with Gasteiger partial charge in [-0.05, 0) is 54.8 Å². The molecule has 1 atom stereocenters. The highest BCUT2D eigenvalue weighted by molar-refractivity contribution is 6.03. The van der Waals surface area contributed by atoms with E-state index in [4.69, 9.17) is 9.47 Å². The number of amides is 2. The topological polar surface area (TPSA) is 67.9 Å². The number of nitrogens with one attached hydrogen (secondary N) is 1. The van der Waals surface area contributed by atoms with Crippen molar-refractivity contribution in [2.24, 2.45) is 0 Å². The smallest absolute Gasteiger partial charge is 0.267 e. The molecule has 0 saturated carbocycles. The first-order valence-corrected chi connectivity index (χ1v) is 11.4. The number of hydrogen-bond acceptors (Lipinski definition) is 4. The molecule has 0 aromatic heterocycles. The van der Waals surface area contributed by atoms with Gasteiger partial charge < -0.3 is 19.7 Å². The molecule has 174 valence electrons. The lowest BCUT2D eigenvalue weighted by Gasteiger charge is -2.33. The summed E-state index contributed by atoms with van der Waals surface area (Å²) >= 11 is 0. The van der Waals surface area contributed by atoms with Crippen molar-refractivity contribution in [2.75, 3.05) is 16.8 Å². The molecule has 6 nitrogen and oxygen atoms in total. The number of hydrogen-bond donors (Lipinski definition) is 1. The van der Waals surface area contributed by atoms with Gasteiger partial charge in [-0.3, -0.25) is 9.59 Å². The molecule has 0 bridgehead atoms. The molecule has 3 aromatic carbocycles. The van der Waals surface area contributed by atoms with Crippen LogP contribution < -0.4 is 19.7 Å². The van der Waals surface area contributed by atoms with Gasteiger partial charge >= 0.3 is 0 Å². The molecular formula is C28H28N2O4. The van der Waals surface area contributed by atoms with Crippen molar-refractivity contribution in [2.45, 2.75) is 33.0 Å². The molecule has 1 N–H and O–H groups in total. The Morgan fingerprint density at radius 3 is 2.59 bits per heavy atom. The van der Waals surface area contributed by atoms with Crippen LogP contribution in [0.15, 0.2) is 78.9 Å². The summed E-state index contributed by atoms with van der Waals surface area (Å²) in [5, 5.41) is 2.85. The van der Waals surface area contributed by atoms with E-state index < -0.39 is 6.10 Å². The van der Waals surface area contributed by atoms with Crippen LogP contribution in [0, 0.1) is 0 Å². The average molecular weight is 457 g/mol. The van der Waals surface area contributed by atoms with Gasteiger partial charge in [0.2, 0.25) is 5.91 Å². The first-order chi connectivity index (χ1) is 16.5. The van der Waals surface area contributed by atoms with E-state index >= 15 is 0 Å². The number of anilines is 2. The Kier molecular flexibility index (Phi) is 7.28. The average Bonchev–Trinajstić information content (AvgIpc) is 2.85. The minimum atomic E-state index is -0.551. The lowest BCUT2D eigenvalue weighted by atomic mass is 10.1. The molecule has 0 aliphatic carbocycles. The second kappa shape index (κ2) is 10.7. The molecule has 0 radical (unpaired) electrons. The van der Waals surface area contributed by atoms with E-state index in [1.165, 1.54) is 6.08 Å². The first-order valence-electron chi connectivity index (χ1n) is 11.4. The summed E-state index contributed by atoms with van der Waals surface area (Å²) < 4.78 is 11.6. The number of nitrogens with zero attached hydrogens (tertiary/aromatic N) is 1. The Bertz CT molecular complexity index is 1170. The third-order valence-corrected chi connectivity index (χ3v) is 5.44. The van der Waals surface area contributed by atoms with Gasteiger partial charge in [0.1, 0.15) is 18.1 Å². The fraction of sp³-hybridized carbons (Fsp3) is 0.214. The van der Waals surface area contributed by atoms with E-state index in [1.807, 2.05) is 67.6 Å². The fourth-order valence-electron chi connectivity index (χ4n) is 3.71. The van der Waals surface area contributed by atoms with Crippen LogP contribution in [0.1, 0.15) is 31.4 Å². The fourth-order valence-corrected chi connectivity index (χ4v) is 3.71. The maximum Gasteiger partial charge on any atom is 0.267 e. The van der Waals surface area contributed by atoms with Crippen LogP contribution >= 0.6 is 0 Å². The summed E-state index contributed by atoms with van der Waals surface area (Å²) in [7, 11) is 0. The van der Waals surface area contributed by atoms with Gasteiger partial charge in [-0.1, -0.05) is 49.4 Å². The Labute approximate surface area is 199 Å². The Morgan fingerprint density at radius 1 is 1.09 bits per heavy atom. The summed E-state index contributed by atoms with van der Waals surface area (Å²) in [4.78, 5) is 26.6. The quantitative estimate of drug-likeness (QED) is 0.458. The number of carbonyl (C=O) groups is 2. The van der Waals surface area contributed by atoms with Crippen molar-refractivity contribution >= 4 is 29.3 Å². The lowest BCUT2D eigenvalue weighted by molar-refractivity contribution is -0.125. The predicted octanol–water partition coefficient (Wildman–Crippen LogP) is 5.44. The summed E-state index contributed by atoms with van der Waals surface area (Å²) in [6.07, 6.45) is 3.52. The van der Waals surface area contributed by atoms with Crippen molar-refractivity contribution in [1.29, 1.82) is 0 Å². The molecule has 3 aromatic rings. The van der Waals surface area contributed by atoms with Crippen molar-refractivity contribution < 1.29 is 19.1 Å². The molecule has 34 heavy (non-hydrogen) atoms. The van der Waals surface area contributed by atoms with E-state index in [2.05, 4.69) is 5.32 Å². The minimum Gasteiger partial charge on any atom is -0.489 e. The van der Waals surface area contributed by atoms with Gasteiger partial charge in [0.15, 0.2) is 6.10 Å². The largest absolute Gasteiger partial charge is 0.489 e. The summed E-state index contributed by atoms with van der Waals surface area (Å²) in [6.45, 7) is 4.90. The molecule has 2 amide bonds. The zero-order valence-corrected chi connectivity index (χ0v) is 19.4. The van der Waals surface area contributed by atoms with Gasteiger partial charge in [-0.15, -0.1) is 0 Å². The normalized spacial score (nSPS) is 15.1. The van der Waals surface area contributed by atoms with Gasteiger partial charge in [-0.2, -0.15) is 0 Å². The monoisotopic (exact) mass is 456 g/mol. The lowest BCUT2D eigenvalue weighted by Crippen LogP contribution is -2.44. The molecule has 0 spiro atoms. The standard InChI is InChI=1S/C28H28N2O4/c1-3-17-30-25-15-12-23(18-26(25)34-20(2)28(30)32)29-27(31)16-11-21-9-13-24(14-10-21)33-19-22-7-5-4-6-8-22/h4-16,18,20H,3,17,19H2,1-2H3,(H,29,31)/b16-11+. The maximum atomic E-state index is 12.4. The molecule has 1 aliphatic heterocycles. The Morgan fingerprint density at radius 2 is 1.85 bits per heavy atom. The predicted molar refractivity (Wildman–Crippen MR) is 134 cm³/mol. The van der Waals surface area contributed by atoms with Crippen LogP contribution in [-0.4, -0.2) is 24.5 Å². The molecule has 0 fully saturated rings. The van der Waals surface area contributed by atoms with E-state index in [9.17, 15) is 9.59 Å².